The quantitative estimate of drug-likeness (QED) is 0.605. The molecule has 0 aromatic heterocycles. The summed E-state index contributed by atoms with van der Waals surface area (Å²) in [5.74, 6) is 7.70. The Bertz CT molecular complexity index is 373. The fourth-order valence-corrected chi connectivity index (χ4v) is 2.78. The number of rotatable bonds is 5. The molecule has 0 bridgehead atoms. The number of fused-ring (bicyclic) bond motifs is 1. The molecule has 1 aromatic carbocycles. The van der Waals surface area contributed by atoms with Gasteiger partial charge in [0.15, 0.2) is 0 Å². The van der Waals surface area contributed by atoms with E-state index in [4.69, 9.17) is 5.84 Å². The molecule has 0 aliphatic heterocycles. The van der Waals surface area contributed by atoms with Gasteiger partial charge >= 0.3 is 0 Å². The topological polar surface area (TPSA) is 38.0 Å². The van der Waals surface area contributed by atoms with Crippen molar-refractivity contribution < 1.29 is 0 Å². The van der Waals surface area contributed by atoms with Gasteiger partial charge in [-0.1, -0.05) is 45.0 Å². The van der Waals surface area contributed by atoms with Gasteiger partial charge < -0.3 is 0 Å². The third kappa shape index (κ3) is 2.53. The molecule has 1 aromatic rings. The first-order chi connectivity index (χ1) is 8.13. The summed E-state index contributed by atoms with van der Waals surface area (Å²) in [5, 5.41) is 0. The van der Waals surface area contributed by atoms with Crippen LogP contribution in [0.15, 0.2) is 24.3 Å². The number of benzene rings is 1. The van der Waals surface area contributed by atoms with Gasteiger partial charge in [-0.3, -0.25) is 11.3 Å². The largest absolute Gasteiger partial charge is 0.271 e. The van der Waals surface area contributed by atoms with Crippen LogP contribution in [0.1, 0.15) is 44.2 Å². The summed E-state index contributed by atoms with van der Waals surface area (Å²) < 4.78 is 0. The van der Waals surface area contributed by atoms with Crippen molar-refractivity contribution in [2.24, 2.45) is 17.7 Å². The SMILES string of the molecule is CC(C)C(C)C(CC1Cc2ccccc21)NN. The average molecular weight is 232 g/mol. The van der Waals surface area contributed by atoms with Crippen LogP contribution in [0.5, 0.6) is 0 Å². The monoisotopic (exact) mass is 232 g/mol. The molecule has 0 radical (unpaired) electrons. The minimum absolute atomic E-state index is 0.424. The van der Waals surface area contributed by atoms with Crippen LogP contribution >= 0.6 is 0 Å². The molecule has 0 saturated heterocycles. The zero-order valence-electron chi connectivity index (χ0n) is 11.1. The highest BCUT2D eigenvalue weighted by Gasteiger charge is 2.30. The maximum Gasteiger partial charge on any atom is 0.0244 e. The van der Waals surface area contributed by atoms with E-state index in [9.17, 15) is 0 Å². The molecule has 3 N–H and O–H groups in total. The van der Waals surface area contributed by atoms with Gasteiger partial charge in [0.1, 0.15) is 0 Å². The number of hydrogen-bond donors (Lipinski definition) is 2. The Kier molecular flexibility index (Phi) is 3.85. The van der Waals surface area contributed by atoms with Crippen molar-refractivity contribution in [1.29, 1.82) is 0 Å². The second-order valence-electron chi connectivity index (χ2n) is 5.71. The van der Waals surface area contributed by atoms with Crippen LogP contribution in [0.25, 0.3) is 0 Å². The smallest absolute Gasteiger partial charge is 0.0244 e. The molecule has 0 amide bonds. The van der Waals surface area contributed by atoms with Gasteiger partial charge in [-0.05, 0) is 41.7 Å². The van der Waals surface area contributed by atoms with Crippen molar-refractivity contribution in [3.63, 3.8) is 0 Å². The second kappa shape index (κ2) is 5.19. The van der Waals surface area contributed by atoms with Gasteiger partial charge in [0.05, 0.1) is 0 Å². The molecule has 2 rings (SSSR count). The molecule has 94 valence electrons. The van der Waals surface area contributed by atoms with Crippen LogP contribution < -0.4 is 11.3 Å². The number of nitrogens with one attached hydrogen (secondary N) is 1. The summed E-state index contributed by atoms with van der Waals surface area (Å²) >= 11 is 0. The lowest BCUT2D eigenvalue weighted by atomic mass is 9.72. The Morgan fingerprint density at radius 3 is 2.59 bits per heavy atom. The molecule has 0 saturated carbocycles. The van der Waals surface area contributed by atoms with E-state index in [2.05, 4.69) is 50.5 Å². The predicted molar refractivity (Wildman–Crippen MR) is 72.6 cm³/mol. The van der Waals surface area contributed by atoms with Crippen molar-refractivity contribution in [2.75, 3.05) is 0 Å². The third-order valence-corrected chi connectivity index (χ3v) is 4.40. The molecule has 3 atom stereocenters. The minimum atomic E-state index is 0.424. The number of hydrogen-bond acceptors (Lipinski definition) is 2. The molecule has 0 heterocycles. The first-order valence-corrected chi connectivity index (χ1v) is 6.67. The van der Waals surface area contributed by atoms with Gasteiger partial charge in [-0.15, -0.1) is 0 Å². The molecule has 2 heteroatoms. The van der Waals surface area contributed by atoms with Crippen molar-refractivity contribution in [1.82, 2.24) is 5.43 Å². The summed E-state index contributed by atoms with van der Waals surface area (Å²) in [6.07, 6.45) is 2.38. The predicted octanol–water partition coefficient (Wildman–Crippen LogP) is 2.84. The first kappa shape index (κ1) is 12.6. The molecule has 1 aliphatic carbocycles. The lowest BCUT2D eigenvalue weighted by Gasteiger charge is -2.35. The lowest BCUT2D eigenvalue weighted by molar-refractivity contribution is 0.268. The highest BCUT2D eigenvalue weighted by molar-refractivity contribution is 5.39. The van der Waals surface area contributed by atoms with Crippen LogP contribution in [-0.4, -0.2) is 6.04 Å². The van der Waals surface area contributed by atoms with Crippen LogP contribution in [0.2, 0.25) is 0 Å². The number of hydrazine groups is 1. The Labute approximate surface area is 105 Å². The van der Waals surface area contributed by atoms with Crippen LogP contribution in [0.3, 0.4) is 0 Å². The normalized spacial score (nSPS) is 21.8. The van der Waals surface area contributed by atoms with Gasteiger partial charge in [-0.2, -0.15) is 0 Å². The van der Waals surface area contributed by atoms with Crippen molar-refractivity contribution in [3.8, 4) is 0 Å². The fourth-order valence-electron chi connectivity index (χ4n) is 2.78. The second-order valence-corrected chi connectivity index (χ2v) is 5.71. The summed E-state index contributed by atoms with van der Waals surface area (Å²) in [6.45, 7) is 6.83. The van der Waals surface area contributed by atoms with E-state index in [1.165, 1.54) is 17.5 Å². The van der Waals surface area contributed by atoms with Crippen molar-refractivity contribution in [2.45, 2.75) is 45.6 Å². The van der Waals surface area contributed by atoms with Gasteiger partial charge in [0, 0.05) is 6.04 Å². The molecule has 3 unspecified atom stereocenters. The van der Waals surface area contributed by atoms with Crippen molar-refractivity contribution in [3.05, 3.63) is 35.4 Å². The summed E-state index contributed by atoms with van der Waals surface area (Å²) in [7, 11) is 0. The maximum absolute atomic E-state index is 5.71. The minimum Gasteiger partial charge on any atom is -0.271 e. The summed E-state index contributed by atoms with van der Waals surface area (Å²) in [6, 6.07) is 9.19. The van der Waals surface area contributed by atoms with Crippen molar-refractivity contribution >= 4 is 0 Å². The third-order valence-electron chi connectivity index (χ3n) is 4.40. The zero-order chi connectivity index (χ0) is 12.4. The fraction of sp³-hybridized carbons (Fsp3) is 0.600. The molecule has 2 nitrogen and oxygen atoms in total. The van der Waals surface area contributed by atoms with E-state index in [0.29, 0.717) is 23.8 Å². The first-order valence-electron chi connectivity index (χ1n) is 6.67. The number of nitrogens with two attached hydrogens (primary N) is 1. The van der Waals surface area contributed by atoms with Gasteiger partial charge in [0.25, 0.3) is 0 Å². The van der Waals surface area contributed by atoms with E-state index in [-0.39, 0.29) is 0 Å². The van der Waals surface area contributed by atoms with E-state index >= 15 is 0 Å². The Balaban J connectivity index is 1.98. The Morgan fingerprint density at radius 2 is 2.00 bits per heavy atom. The zero-order valence-corrected chi connectivity index (χ0v) is 11.1. The Hall–Kier alpha value is -0.860. The Morgan fingerprint density at radius 1 is 1.29 bits per heavy atom. The highest BCUT2D eigenvalue weighted by Crippen LogP contribution is 2.39. The van der Waals surface area contributed by atoms with E-state index < -0.39 is 0 Å². The van der Waals surface area contributed by atoms with E-state index in [1.807, 2.05) is 0 Å². The molecule has 0 spiro atoms. The van der Waals surface area contributed by atoms with Gasteiger partial charge in [0.2, 0.25) is 0 Å². The summed E-state index contributed by atoms with van der Waals surface area (Å²) in [5.41, 5.74) is 6.06. The molecular formula is C15H24N2. The average Bonchev–Trinajstić information content (AvgIpc) is 2.30. The lowest BCUT2D eigenvalue weighted by Crippen LogP contribution is -2.43. The summed E-state index contributed by atoms with van der Waals surface area (Å²) in [4.78, 5) is 0. The van der Waals surface area contributed by atoms with Gasteiger partial charge in [-0.25, -0.2) is 0 Å². The maximum atomic E-state index is 5.71. The van der Waals surface area contributed by atoms with E-state index in [0.717, 1.165) is 6.42 Å². The molecule has 1 aliphatic rings. The molecule has 17 heavy (non-hydrogen) atoms. The van der Waals surface area contributed by atoms with Crippen LogP contribution in [-0.2, 0) is 6.42 Å². The standard InChI is InChI=1S/C15H24N2/c1-10(2)11(3)15(17-16)9-13-8-12-6-4-5-7-14(12)13/h4-7,10-11,13,15,17H,8-9,16H2,1-3H3. The molecule has 0 fully saturated rings. The van der Waals surface area contributed by atoms with Crippen LogP contribution in [0.4, 0.5) is 0 Å². The molecular weight excluding hydrogens is 208 g/mol. The van der Waals surface area contributed by atoms with E-state index in [1.54, 1.807) is 0 Å². The highest BCUT2D eigenvalue weighted by atomic mass is 15.2. The van der Waals surface area contributed by atoms with Crippen LogP contribution in [0, 0.1) is 11.8 Å².